The van der Waals surface area contributed by atoms with Crippen LogP contribution in [0.4, 0.5) is 39.5 Å². The Balaban J connectivity index is 2.22. The number of alkyl halides is 9. The summed E-state index contributed by atoms with van der Waals surface area (Å²) in [5, 5.41) is 12.4. The predicted molar refractivity (Wildman–Crippen MR) is 74.3 cm³/mol. The standard InChI is InChI=1S/C17H8F9O/c18-14(19,15(20,21)16(22,23)17(24,25)26)11-7-3-6-9-8-4-1-2-5-10(8)13(27)12(9)11/h1-7,13H. The van der Waals surface area contributed by atoms with E-state index in [2.05, 4.69) is 0 Å². The number of halogens is 9. The third-order valence-corrected chi connectivity index (χ3v) is 4.38. The first kappa shape index (κ1) is 19.5. The summed E-state index contributed by atoms with van der Waals surface area (Å²) >= 11 is 0. The summed E-state index contributed by atoms with van der Waals surface area (Å²) in [6.07, 6.45) is -9.05. The van der Waals surface area contributed by atoms with Crippen molar-refractivity contribution < 1.29 is 44.6 Å². The van der Waals surface area contributed by atoms with Gasteiger partial charge < -0.3 is 0 Å². The highest BCUT2D eigenvalue weighted by molar-refractivity contribution is 5.79. The summed E-state index contributed by atoms with van der Waals surface area (Å²) in [6.45, 7) is 0. The summed E-state index contributed by atoms with van der Waals surface area (Å²) in [6, 6.07) is 7.55. The van der Waals surface area contributed by atoms with E-state index in [0.29, 0.717) is 0 Å². The molecule has 145 valence electrons. The quantitative estimate of drug-likeness (QED) is 0.555. The summed E-state index contributed by atoms with van der Waals surface area (Å²) in [5.41, 5.74) is -2.96. The molecular formula is C17H8F9O. The molecule has 10 heteroatoms. The van der Waals surface area contributed by atoms with Crippen LogP contribution in [-0.4, -0.2) is 18.0 Å². The SMILES string of the molecule is [O]C1c2ccccc2-c2cccc(C(F)(F)C(F)(F)C(F)(F)C(F)(F)F)c21. The van der Waals surface area contributed by atoms with E-state index in [1.807, 2.05) is 0 Å². The highest BCUT2D eigenvalue weighted by atomic mass is 19.4. The van der Waals surface area contributed by atoms with Gasteiger partial charge in [-0.3, -0.25) is 0 Å². The lowest BCUT2D eigenvalue weighted by Gasteiger charge is -2.34. The fourth-order valence-corrected chi connectivity index (χ4v) is 3.03. The Morgan fingerprint density at radius 3 is 1.81 bits per heavy atom. The maximum Gasteiger partial charge on any atom is 0.460 e. The number of hydrogen-bond acceptors (Lipinski definition) is 0. The van der Waals surface area contributed by atoms with E-state index in [0.717, 1.165) is 12.1 Å². The molecule has 0 amide bonds. The highest BCUT2D eigenvalue weighted by Crippen LogP contribution is 2.59. The Morgan fingerprint density at radius 1 is 0.667 bits per heavy atom. The lowest BCUT2D eigenvalue weighted by molar-refractivity contribution is -0.399. The molecule has 2 aromatic rings. The Morgan fingerprint density at radius 2 is 1.22 bits per heavy atom. The number of rotatable bonds is 3. The average molecular weight is 399 g/mol. The van der Waals surface area contributed by atoms with Crippen molar-refractivity contribution >= 4 is 0 Å². The number of benzene rings is 2. The minimum Gasteiger partial charge on any atom is -0.223 e. The van der Waals surface area contributed by atoms with Crippen LogP contribution in [0.1, 0.15) is 22.8 Å². The van der Waals surface area contributed by atoms with Gasteiger partial charge in [-0.2, -0.15) is 39.5 Å². The molecule has 27 heavy (non-hydrogen) atoms. The third-order valence-electron chi connectivity index (χ3n) is 4.38. The molecule has 0 aliphatic heterocycles. The van der Waals surface area contributed by atoms with E-state index in [4.69, 9.17) is 0 Å². The lowest BCUT2D eigenvalue weighted by Crippen LogP contribution is -2.59. The Bertz CT molecular complexity index is 886. The minimum absolute atomic E-state index is 0.0679. The van der Waals surface area contributed by atoms with Gasteiger partial charge in [0.2, 0.25) is 0 Å². The number of fused-ring (bicyclic) bond motifs is 3. The van der Waals surface area contributed by atoms with Crippen LogP contribution in [0.25, 0.3) is 11.1 Å². The van der Waals surface area contributed by atoms with Gasteiger partial charge >= 0.3 is 23.9 Å². The molecule has 0 fully saturated rings. The van der Waals surface area contributed by atoms with Gasteiger partial charge in [0.05, 0.1) is 0 Å². The summed E-state index contributed by atoms with van der Waals surface area (Å²) in [7, 11) is 0. The van der Waals surface area contributed by atoms with Gasteiger partial charge in [-0.1, -0.05) is 42.5 Å². The van der Waals surface area contributed by atoms with Crippen LogP contribution < -0.4 is 0 Å². The van der Waals surface area contributed by atoms with Gasteiger partial charge in [0.25, 0.3) is 0 Å². The van der Waals surface area contributed by atoms with Gasteiger partial charge in [0.15, 0.2) is 0 Å². The zero-order valence-electron chi connectivity index (χ0n) is 12.9. The molecule has 0 heterocycles. The molecule has 3 rings (SSSR count). The van der Waals surface area contributed by atoms with Crippen LogP contribution in [0.5, 0.6) is 0 Å². The van der Waals surface area contributed by atoms with Crippen molar-refractivity contribution in [3.8, 4) is 11.1 Å². The molecule has 0 bridgehead atoms. The number of hydrogen-bond donors (Lipinski definition) is 0. The summed E-state index contributed by atoms with van der Waals surface area (Å²) < 4.78 is 119. The minimum atomic E-state index is -7.02. The molecule has 1 radical (unpaired) electrons. The van der Waals surface area contributed by atoms with Crippen LogP contribution in [0.15, 0.2) is 42.5 Å². The first-order chi connectivity index (χ1) is 12.2. The van der Waals surface area contributed by atoms with Crippen molar-refractivity contribution in [1.82, 2.24) is 0 Å². The molecule has 0 saturated carbocycles. The molecule has 0 spiro atoms. The van der Waals surface area contributed by atoms with E-state index in [-0.39, 0.29) is 22.8 Å². The average Bonchev–Trinajstić information content (AvgIpc) is 2.87. The molecule has 0 N–H and O–H groups in total. The summed E-state index contributed by atoms with van der Waals surface area (Å²) in [4.78, 5) is 0. The smallest absolute Gasteiger partial charge is 0.223 e. The van der Waals surface area contributed by atoms with E-state index in [1.54, 1.807) is 0 Å². The Kier molecular flexibility index (Phi) is 4.08. The van der Waals surface area contributed by atoms with E-state index < -0.39 is 41.2 Å². The van der Waals surface area contributed by atoms with Crippen LogP contribution in [0.2, 0.25) is 0 Å². The van der Waals surface area contributed by atoms with Crippen LogP contribution in [-0.2, 0) is 11.0 Å². The normalized spacial score (nSPS) is 17.6. The second-order valence-corrected chi connectivity index (χ2v) is 5.96. The van der Waals surface area contributed by atoms with Crippen molar-refractivity contribution in [3.05, 3.63) is 59.2 Å². The van der Waals surface area contributed by atoms with Crippen LogP contribution >= 0.6 is 0 Å². The van der Waals surface area contributed by atoms with Crippen LogP contribution in [0.3, 0.4) is 0 Å². The zero-order chi connectivity index (χ0) is 20.4. The maximum atomic E-state index is 14.3. The third kappa shape index (κ3) is 2.45. The summed E-state index contributed by atoms with van der Waals surface area (Å²) in [5.74, 6) is -19.8. The molecule has 1 unspecified atom stereocenters. The topological polar surface area (TPSA) is 19.9 Å². The van der Waals surface area contributed by atoms with E-state index in [1.165, 1.54) is 24.3 Å². The predicted octanol–water partition coefficient (Wildman–Crippen LogP) is 6.11. The molecular weight excluding hydrogens is 391 g/mol. The van der Waals surface area contributed by atoms with Crippen molar-refractivity contribution in [2.24, 2.45) is 0 Å². The monoisotopic (exact) mass is 399 g/mol. The molecule has 0 aromatic heterocycles. The van der Waals surface area contributed by atoms with Gasteiger partial charge in [0.1, 0.15) is 6.10 Å². The van der Waals surface area contributed by atoms with Crippen molar-refractivity contribution in [2.45, 2.75) is 30.0 Å². The van der Waals surface area contributed by atoms with Gasteiger partial charge in [-0.25, -0.2) is 5.11 Å². The first-order valence-corrected chi connectivity index (χ1v) is 7.34. The van der Waals surface area contributed by atoms with Gasteiger partial charge in [-0.05, 0) is 16.7 Å². The fourth-order valence-electron chi connectivity index (χ4n) is 3.03. The molecule has 1 atom stereocenters. The molecule has 0 saturated heterocycles. The second-order valence-electron chi connectivity index (χ2n) is 5.96. The van der Waals surface area contributed by atoms with Crippen molar-refractivity contribution in [2.75, 3.05) is 0 Å². The molecule has 1 nitrogen and oxygen atoms in total. The van der Waals surface area contributed by atoms with E-state index >= 15 is 0 Å². The van der Waals surface area contributed by atoms with Crippen LogP contribution in [0, 0.1) is 0 Å². The van der Waals surface area contributed by atoms with Gasteiger partial charge in [-0.15, -0.1) is 0 Å². The second kappa shape index (κ2) is 5.63. The molecule has 1 aliphatic rings. The lowest BCUT2D eigenvalue weighted by atomic mass is 9.90. The Labute approximate surface area is 146 Å². The van der Waals surface area contributed by atoms with E-state index in [9.17, 15) is 44.6 Å². The Hall–Kier alpha value is -2.23. The first-order valence-electron chi connectivity index (χ1n) is 7.34. The van der Waals surface area contributed by atoms with Crippen molar-refractivity contribution in [3.63, 3.8) is 0 Å². The highest BCUT2D eigenvalue weighted by Gasteiger charge is 2.82. The molecule has 2 aromatic carbocycles. The largest absolute Gasteiger partial charge is 0.460 e. The van der Waals surface area contributed by atoms with Gasteiger partial charge in [0, 0.05) is 11.1 Å². The zero-order valence-corrected chi connectivity index (χ0v) is 12.9. The fraction of sp³-hybridized carbons (Fsp3) is 0.294. The van der Waals surface area contributed by atoms with Crippen molar-refractivity contribution in [1.29, 1.82) is 0 Å². The maximum absolute atomic E-state index is 14.3. The molecule has 1 aliphatic carbocycles.